The van der Waals surface area contributed by atoms with Crippen LogP contribution in [0.5, 0.6) is 0 Å². The average molecular weight is 296 g/mol. The van der Waals surface area contributed by atoms with E-state index in [0.717, 1.165) is 12.5 Å². The first-order valence-electron chi connectivity index (χ1n) is 6.69. The summed E-state index contributed by atoms with van der Waals surface area (Å²) in [6.07, 6.45) is 4.95. The molecule has 17 heavy (non-hydrogen) atoms. The van der Waals surface area contributed by atoms with Gasteiger partial charge >= 0.3 is 0 Å². The third kappa shape index (κ3) is 3.56. The second kappa shape index (κ2) is 6.01. The Hall–Kier alpha value is -0.340. The van der Waals surface area contributed by atoms with E-state index in [2.05, 4.69) is 53.3 Å². The van der Waals surface area contributed by atoms with E-state index < -0.39 is 0 Å². The second-order valence-electron chi connectivity index (χ2n) is 5.27. The first kappa shape index (κ1) is 13.1. The Kier molecular flexibility index (Phi) is 4.63. The summed E-state index contributed by atoms with van der Waals surface area (Å²) in [6.45, 7) is 5.74. The average Bonchev–Trinajstić information content (AvgIpc) is 2.35. The zero-order valence-corrected chi connectivity index (χ0v) is 12.4. The maximum Gasteiger partial charge on any atom is 0.0178 e. The van der Waals surface area contributed by atoms with Gasteiger partial charge in [-0.15, -0.1) is 0 Å². The molecule has 2 heteroatoms. The molecule has 2 rings (SSSR count). The van der Waals surface area contributed by atoms with Crippen molar-refractivity contribution in [3.8, 4) is 0 Å². The SMILES string of the molecule is CCC(C)CNC1CCc2cc(Br)ccc2C1. The number of fused-ring (bicyclic) bond motifs is 1. The van der Waals surface area contributed by atoms with Crippen LogP contribution >= 0.6 is 15.9 Å². The molecule has 1 aliphatic rings. The fourth-order valence-corrected chi connectivity index (χ4v) is 2.82. The van der Waals surface area contributed by atoms with Crippen molar-refractivity contribution in [3.05, 3.63) is 33.8 Å². The van der Waals surface area contributed by atoms with Crippen molar-refractivity contribution in [1.29, 1.82) is 0 Å². The van der Waals surface area contributed by atoms with E-state index in [4.69, 9.17) is 0 Å². The molecule has 94 valence electrons. The Morgan fingerprint density at radius 1 is 1.41 bits per heavy atom. The first-order chi connectivity index (χ1) is 8.19. The lowest BCUT2D eigenvalue weighted by Crippen LogP contribution is -2.37. The Morgan fingerprint density at radius 3 is 3.00 bits per heavy atom. The monoisotopic (exact) mass is 295 g/mol. The molecule has 0 aromatic heterocycles. The van der Waals surface area contributed by atoms with Crippen molar-refractivity contribution in [2.75, 3.05) is 6.54 Å². The molecular formula is C15H22BrN. The highest BCUT2D eigenvalue weighted by Gasteiger charge is 2.18. The predicted molar refractivity (Wildman–Crippen MR) is 77.4 cm³/mol. The first-order valence-corrected chi connectivity index (χ1v) is 7.49. The van der Waals surface area contributed by atoms with Gasteiger partial charge in [0.15, 0.2) is 0 Å². The fourth-order valence-electron chi connectivity index (χ4n) is 2.41. The van der Waals surface area contributed by atoms with Gasteiger partial charge in [0.2, 0.25) is 0 Å². The van der Waals surface area contributed by atoms with Crippen LogP contribution in [-0.4, -0.2) is 12.6 Å². The summed E-state index contributed by atoms with van der Waals surface area (Å²) < 4.78 is 1.21. The molecule has 0 fully saturated rings. The molecule has 0 saturated heterocycles. The van der Waals surface area contributed by atoms with E-state index in [-0.39, 0.29) is 0 Å². The smallest absolute Gasteiger partial charge is 0.0178 e. The van der Waals surface area contributed by atoms with E-state index in [1.807, 2.05) is 0 Å². The van der Waals surface area contributed by atoms with Crippen molar-refractivity contribution < 1.29 is 0 Å². The number of hydrogen-bond donors (Lipinski definition) is 1. The van der Waals surface area contributed by atoms with Gasteiger partial charge in [0.25, 0.3) is 0 Å². The van der Waals surface area contributed by atoms with Gasteiger partial charge in [0.05, 0.1) is 0 Å². The summed E-state index contributed by atoms with van der Waals surface area (Å²) >= 11 is 3.55. The van der Waals surface area contributed by atoms with E-state index in [0.29, 0.717) is 6.04 Å². The molecule has 0 heterocycles. The maximum absolute atomic E-state index is 3.72. The molecule has 1 nitrogen and oxygen atoms in total. The number of nitrogens with one attached hydrogen (secondary N) is 1. The maximum atomic E-state index is 3.72. The van der Waals surface area contributed by atoms with Gasteiger partial charge in [-0.1, -0.05) is 42.3 Å². The van der Waals surface area contributed by atoms with E-state index in [1.54, 1.807) is 0 Å². The summed E-state index contributed by atoms with van der Waals surface area (Å²) in [5, 5.41) is 3.72. The minimum absolute atomic E-state index is 0.678. The number of aryl methyl sites for hydroxylation is 1. The Bertz CT molecular complexity index is 375. The van der Waals surface area contributed by atoms with Crippen LogP contribution in [0.4, 0.5) is 0 Å². The molecule has 0 bridgehead atoms. The van der Waals surface area contributed by atoms with E-state index >= 15 is 0 Å². The molecule has 0 spiro atoms. The van der Waals surface area contributed by atoms with Gasteiger partial charge in [0.1, 0.15) is 0 Å². The standard InChI is InChI=1S/C15H22BrN/c1-3-11(2)10-17-15-7-5-12-8-14(16)6-4-13(12)9-15/h4,6,8,11,15,17H,3,5,7,9-10H2,1-2H3. The van der Waals surface area contributed by atoms with Gasteiger partial charge in [-0.2, -0.15) is 0 Å². The lowest BCUT2D eigenvalue weighted by Gasteiger charge is -2.27. The predicted octanol–water partition coefficient (Wildman–Crippen LogP) is 3.94. The van der Waals surface area contributed by atoms with Gasteiger partial charge in [-0.25, -0.2) is 0 Å². The lowest BCUT2D eigenvalue weighted by molar-refractivity contribution is 0.407. The Morgan fingerprint density at radius 2 is 2.24 bits per heavy atom. The number of benzene rings is 1. The van der Waals surface area contributed by atoms with Crippen LogP contribution in [-0.2, 0) is 12.8 Å². The molecule has 1 aliphatic carbocycles. The molecule has 0 aliphatic heterocycles. The zero-order valence-electron chi connectivity index (χ0n) is 10.8. The summed E-state index contributed by atoms with van der Waals surface area (Å²) in [5.41, 5.74) is 3.06. The van der Waals surface area contributed by atoms with Crippen LogP contribution in [0.15, 0.2) is 22.7 Å². The Balaban J connectivity index is 1.92. The second-order valence-corrected chi connectivity index (χ2v) is 6.19. The Labute approximate surface area is 113 Å². The van der Waals surface area contributed by atoms with Gasteiger partial charge in [0, 0.05) is 10.5 Å². The quantitative estimate of drug-likeness (QED) is 0.887. The summed E-state index contributed by atoms with van der Waals surface area (Å²) in [6, 6.07) is 7.39. The highest BCUT2D eigenvalue weighted by molar-refractivity contribution is 9.10. The van der Waals surface area contributed by atoms with E-state index in [1.165, 1.54) is 41.3 Å². The molecule has 0 amide bonds. The summed E-state index contributed by atoms with van der Waals surface area (Å²) in [4.78, 5) is 0. The van der Waals surface area contributed by atoms with Crippen molar-refractivity contribution in [2.24, 2.45) is 5.92 Å². The molecule has 2 atom stereocenters. The van der Waals surface area contributed by atoms with Crippen LogP contribution in [0.25, 0.3) is 0 Å². The molecule has 1 aromatic carbocycles. The molecular weight excluding hydrogens is 274 g/mol. The number of hydrogen-bond acceptors (Lipinski definition) is 1. The molecule has 0 radical (unpaired) electrons. The normalized spacial score (nSPS) is 21.0. The van der Waals surface area contributed by atoms with Crippen molar-refractivity contribution in [2.45, 2.75) is 45.6 Å². The van der Waals surface area contributed by atoms with Crippen LogP contribution < -0.4 is 5.32 Å². The minimum atomic E-state index is 0.678. The van der Waals surface area contributed by atoms with Gasteiger partial charge < -0.3 is 5.32 Å². The van der Waals surface area contributed by atoms with Gasteiger partial charge in [-0.05, 0) is 55.0 Å². The van der Waals surface area contributed by atoms with Crippen LogP contribution in [0, 0.1) is 5.92 Å². The van der Waals surface area contributed by atoms with Crippen molar-refractivity contribution >= 4 is 15.9 Å². The molecule has 0 saturated carbocycles. The zero-order chi connectivity index (χ0) is 12.3. The lowest BCUT2D eigenvalue weighted by atomic mass is 9.88. The van der Waals surface area contributed by atoms with Gasteiger partial charge in [-0.3, -0.25) is 0 Å². The van der Waals surface area contributed by atoms with Crippen LogP contribution in [0.2, 0.25) is 0 Å². The molecule has 2 unspecified atom stereocenters. The summed E-state index contributed by atoms with van der Waals surface area (Å²) in [5.74, 6) is 0.793. The van der Waals surface area contributed by atoms with Crippen LogP contribution in [0.1, 0.15) is 37.8 Å². The largest absolute Gasteiger partial charge is 0.313 e. The van der Waals surface area contributed by atoms with Crippen LogP contribution in [0.3, 0.4) is 0 Å². The molecule has 1 N–H and O–H groups in total. The number of rotatable bonds is 4. The highest BCUT2D eigenvalue weighted by atomic mass is 79.9. The third-order valence-corrected chi connectivity index (χ3v) is 4.34. The van der Waals surface area contributed by atoms with Crippen molar-refractivity contribution in [1.82, 2.24) is 5.32 Å². The third-order valence-electron chi connectivity index (χ3n) is 3.85. The minimum Gasteiger partial charge on any atom is -0.313 e. The topological polar surface area (TPSA) is 12.0 Å². The number of halogens is 1. The highest BCUT2D eigenvalue weighted by Crippen LogP contribution is 2.24. The van der Waals surface area contributed by atoms with Crippen molar-refractivity contribution in [3.63, 3.8) is 0 Å². The molecule has 1 aromatic rings. The fraction of sp³-hybridized carbons (Fsp3) is 0.600. The summed E-state index contributed by atoms with van der Waals surface area (Å²) in [7, 11) is 0. The van der Waals surface area contributed by atoms with E-state index in [9.17, 15) is 0 Å².